The molecule has 4 heteroatoms. The van der Waals surface area contributed by atoms with Crippen molar-refractivity contribution in [1.82, 2.24) is 0 Å². The van der Waals surface area contributed by atoms with E-state index >= 15 is 0 Å². The number of alkyl halides is 1. The lowest BCUT2D eigenvalue weighted by Crippen LogP contribution is -1.96. The molecule has 0 saturated heterocycles. The first-order chi connectivity index (χ1) is 9.65. The fourth-order valence-electron chi connectivity index (χ4n) is 1.91. The van der Waals surface area contributed by atoms with Crippen LogP contribution in [0.3, 0.4) is 0 Å². The molecule has 0 heterocycles. The molecule has 0 radical (unpaired) electrons. The number of hydrogen-bond acceptors (Lipinski definition) is 2. The molecule has 0 aliphatic heterocycles. The van der Waals surface area contributed by atoms with Crippen LogP contribution >= 0.6 is 39.3 Å². The molecule has 1 nitrogen and oxygen atoms in total. The molecule has 0 N–H and O–H groups in total. The summed E-state index contributed by atoms with van der Waals surface area (Å²) in [6, 6.07) is 14.3. The van der Waals surface area contributed by atoms with Gasteiger partial charge in [0.05, 0.1) is 16.5 Å². The minimum Gasteiger partial charge on any atom is -0.493 e. The molecule has 2 rings (SSSR count). The number of ether oxygens (including phenoxy) is 1. The van der Waals surface area contributed by atoms with Crippen molar-refractivity contribution >= 4 is 39.3 Å². The molecule has 2 aromatic rings. The third-order valence-corrected chi connectivity index (χ3v) is 4.82. The Morgan fingerprint density at radius 3 is 2.35 bits per heavy atom. The maximum atomic E-state index is 6.56. The summed E-state index contributed by atoms with van der Waals surface area (Å²) in [6.07, 6.45) is 2.07. The highest BCUT2D eigenvalue weighted by atomic mass is 79.9. The van der Waals surface area contributed by atoms with Crippen molar-refractivity contribution in [3.05, 3.63) is 58.1 Å². The molecule has 20 heavy (non-hydrogen) atoms. The highest BCUT2D eigenvalue weighted by molar-refractivity contribution is 9.10. The molecule has 0 aliphatic rings. The van der Waals surface area contributed by atoms with Crippen LogP contribution in [0, 0.1) is 0 Å². The van der Waals surface area contributed by atoms with Gasteiger partial charge in [0.1, 0.15) is 5.75 Å². The zero-order valence-electron chi connectivity index (χ0n) is 11.4. The lowest BCUT2D eigenvalue weighted by Gasteiger charge is -2.13. The van der Waals surface area contributed by atoms with Gasteiger partial charge in [-0.05, 0) is 64.5 Å². The van der Waals surface area contributed by atoms with E-state index in [1.54, 1.807) is 11.8 Å². The van der Waals surface area contributed by atoms with Crippen molar-refractivity contribution in [1.29, 1.82) is 0 Å². The van der Waals surface area contributed by atoms with E-state index in [0.29, 0.717) is 6.61 Å². The van der Waals surface area contributed by atoms with Gasteiger partial charge in [0.15, 0.2) is 0 Å². The van der Waals surface area contributed by atoms with Crippen LogP contribution in [0.2, 0.25) is 0 Å². The number of thioether (sulfide) groups is 1. The third kappa shape index (κ3) is 3.72. The average molecular weight is 372 g/mol. The Hall–Kier alpha value is -0.640. The Morgan fingerprint density at radius 1 is 1.15 bits per heavy atom. The van der Waals surface area contributed by atoms with Crippen LogP contribution in [0.4, 0.5) is 0 Å². The van der Waals surface area contributed by atoms with Gasteiger partial charge < -0.3 is 4.74 Å². The Morgan fingerprint density at radius 2 is 1.80 bits per heavy atom. The molecule has 0 amide bonds. The fourth-order valence-corrected chi connectivity index (χ4v) is 3.11. The summed E-state index contributed by atoms with van der Waals surface area (Å²) in [7, 11) is 0. The van der Waals surface area contributed by atoms with Crippen molar-refractivity contribution in [2.24, 2.45) is 0 Å². The SMILES string of the molecule is CCOc1ccc(C(Cl)c2ccc(SC)cc2)cc1Br. The Bertz CT molecular complexity index is 571. The predicted molar refractivity (Wildman–Crippen MR) is 91.2 cm³/mol. The molecule has 0 bridgehead atoms. The van der Waals surface area contributed by atoms with E-state index in [2.05, 4.69) is 46.5 Å². The fraction of sp³-hybridized carbons (Fsp3) is 0.250. The van der Waals surface area contributed by atoms with Crippen LogP contribution < -0.4 is 4.74 Å². The highest BCUT2D eigenvalue weighted by Gasteiger charge is 2.12. The molecule has 0 fully saturated rings. The van der Waals surface area contributed by atoms with Crippen molar-refractivity contribution in [3.8, 4) is 5.75 Å². The number of halogens is 2. The van der Waals surface area contributed by atoms with Gasteiger partial charge in [0.2, 0.25) is 0 Å². The first kappa shape index (κ1) is 15.7. The summed E-state index contributed by atoms with van der Waals surface area (Å²) < 4.78 is 6.45. The van der Waals surface area contributed by atoms with Gasteiger partial charge in [0.25, 0.3) is 0 Å². The summed E-state index contributed by atoms with van der Waals surface area (Å²) in [5.74, 6) is 0.845. The Kier molecular flexibility index (Phi) is 5.82. The van der Waals surface area contributed by atoms with E-state index < -0.39 is 0 Å². The second-order valence-electron chi connectivity index (χ2n) is 4.26. The van der Waals surface area contributed by atoms with Crippen molar-refractivity contribution in [3.63, 3.8) is 0 Å². The van der Waals surface area contributed by atoms with E-state index in [1.807, 2.05) is 25.1 Å². The number of benzene rings is 2. The van der Waals surface area contributed by atoms with Crippen molar-refractivity contribution in [2.45, 2.75) is 17.2 Å². The summed E-state index contributed by atoms with van der Waals surface area (Å²) in [6.45, 7) is 2.62. The second-order valence-corrected chi connectivity index (χ2v) is 6.43. The van der Waals surface area contributed by atoms with E-state index in [9.17, 15) is 0 Å². The molecule has 1 unspecified atom stereocenters. The number of hydrogen-bond donors (Lipinski definition) is 0. The lowest BCUT2D eigenvalue weighted by molar-refractivity contribution is 0.338. The maximum absolute atomic E-state index is 6.56. The molecule has 106 valence electrons. The van der Waals surface area contributed by atoms with Gasteiger partial charge in [-0.25, -0.2) is 0 Å². The summed E-state index contributed by atoms with van der Waals surface area (Å²) in [5, 5.41) is -0.155. The van der Waals surface area contributed by atoms with Crippen LogP contribution in [0.15, 0.2) is 51.8 Å². The quantitative estimate of drug-likeness (QED) is 0.478. The molecule has 0 aliphatic carbocycles. The maximum Gasteiger partial charge on any atom is 0.133 e. The van der Waals surface area contributed by atoms with Gasteiger partial charge in [-0.3, -0.25) is 0 Å². The molecule has 0 aromatic heterocycles. The summed E-state index contributed by atoms with van der Waals surface area (Å²) in [4.78, 5) is 1.24. The minimum absolute atomic E-state index is 0.155. The second kappa shape index (κ2) is 7.39. The third-order valence-electron chi connectivity index (χ3n) is 2.96. The first-order valence-corrected chi connectivity index (χ1v) is 8.81. The van der Waals surface area contributed by atoms with Gasteiger partial charge in [0, 0.05) is 4.90 Å². The van der Waals surface area contributed by atoms with Gasteiger partial charge in [-0.15, -0.1) is 23.4 Å². The molecule has 0 spiro atoms. The lowest BCUT2D eigenvalue weighted by atomic mass is 10.0. The smallest absolute Gasteiger partial charge is 0.133 e. The first-order valence-electron chi connectivity index (χ1n) is 6.36. The van der Waals surface area contributed by atoms with Crippen LogP contribution in [-0.2, 0) is 0 Å². The summed E-state index contributed by atoms with van der Waals surface area (Å²) in [5.41, 5.74) is 2.15. The van der Waals surface area contributed by atoms with Crippen molar-refractivity contribution in [2.75, 3.05) is 12.9 Å². The van der Waals surface area contributed by atoms with Gasteiger partial charge >= 0.3 is 0 Å². The normalized spacial score (nSPS) is 12.2. The predicted octanol–water partition coefficient (Wildman–Crippen LogP) is 5.90. The number of rotatable bonds is 5. The summed E-state index contributed by atoms with van der Waals surface area (Å²) >= 11 is 11.8. The molecular formula is C16H16BrClOS. The van der Waals surface area contributed by atoms with E-state index in [1.165, 1.54) is 4.90 Å². The van der Waals surface area contributed by atoms with E-state index in [0.717, 1.165) is 21.3 Å². The molecule has 0 saturated carbocycles. The van der Waals surface area contributed by atoms with Crippen LogP contribution in [-0.4, -0.2) is 12.9 Å². The average Bonchev–Trinajstić information content (AvgIpc) is 2.49. The van der Waals surface area contributed by atoms with Crippen LogP contribution in [0.1, 0.15) is 23.4 Å². The Balaban J connectivity index is 2.23. The van der Waals surface area contributed by atoms with Crippen LogP contribution in [0.5, 0.6) is 5.75 Å². The molecule has 2 aromatic carbocycles. The zero-order valence-corrected chi connectivity index (χ0v) is 14.6. The standard InChI is InChI=1S/C16H16BrClOS/c1-3-19-15-9-6-12(10-14(15)17)16(18)11-4-7-13(20-2)8-5-11/h4-10,16H,3H2,1-2H3. The monoisotopic (exact) mass is 370 g/mol. The zero-order chi connectivity index (χ0) is 14.5. The van der Waals surface area contributed by atoms with Crippen LogP contribution in [0.25, 0.3) is 0 Å². The van der Waals surface area contributed by atoms with Gasteiger partial charge in [-0.2, -0.15) is 0 Å². The molecular weight excluding hydrogens is 356 g/mol. The van der Waals surface area contributed by atoms with Gasteiger partial charge in [-0.1, -0.05) is 18.2 Å². The highest BCUT2D eigenvalue weighted by Crippen LogP contribution is 2.34. The largest absolute Gasteiger partial charge is 0.493 e. The van der Waals surface area contributed by atoms with E-state index in [4.69, 9.17) is 16.3 Å². The topological polar surface area (TPSA) is 9.23 Å². The van der Waals surface area contributed by atoms with Crippen molar-refractivity contribution < 1.29 is 4.74 Å². The Labute approximate surface area is 137 Å². The molecule has 1 atom stereocenters. The van der Waals surface area contributed by atoms with E-state index in [-0.39, 0.29) is 5.38 Å². The minimum atomic E-state index is -0.155.